The predicted octanol–water partition coefficient (Wildman–Crippen LogP) is 3.75. The average molecular weight is 335 g/mol. The second-order valence-electron chi connectivity index (χ2n) is 6.42. The van der Waals surface area contributed by atoms with E-state index in [9.17, 15) is 0 Å². The van der Waals surface area contributed by atoms with Crippen LogP contribution in [0.1, 0.15) is 22.4 Å². The molecular weight excluding hydrogens is 314 g/mol. The van der Waals surface area contributed by atoms with Crippen molar-refractivity contribution in [2.24, 2.45) is 0 Å². The molecule has 4 rings (SSSR count). The molecule has 0 unspecified atom stereocenters. The Balaban J connectivity index is 1.44. The van der Waals surface area contributed by atoms with E-state index in [0.29, 0.717) is 18.3 Å². The van der Waals surface area contributed by atoms with Gasteiger partial charge in [0.25, 0.3) is 0 Å². The maximum absolute atomic E-state index is 6.02. The van der Waals surface area contributed by atoms with Gasteiger partial charge in [-0.15, -0.1) is 0 Å². The van der Waals surface area contributed by atoms with Crippen molar-refractivity contribution in [1.82, 2.24) is 14.9 Å². The van der Waals surface area contributed by atoms with Gasteiger partial charge in [-0.3, -0.25) is 4.90 Å². The Hall–Kier alpha value is -2.66. The zero-order valence-electron chi connectivity index (χ0n) is 14.5. The number of hydrogen-bond acceptors (Lipinski definition) is 5. The molecule has 1 aliphatic rings. The summed E-state index contributed by atoms with van der Waals surface area (Å²) in [5.74, 6) is 2.32. The summed E-state index contributed by atoms with van der Waals surface area (Å²) < 4.78 is 11.4. The van der Waals surface area contributed by atoms with E-state index in [0.717, 1.165) is 36.5 Å². The fourth-order valence-electron chi connectivity index (χ4n) is 3.05. The number of nitrogens with zero attached hydrogens (tertiary/aromatic N) is 3. The molecule has 5 heteroatoms. The third-order valence-electron chi connectivity index (χ3n) is 4.71. The summed E-state index contributed by atoms with van der Waals surface area (Å²) in [5, 5.41) is 0. The number of hydrogen-bond donors (Lipinski definition) is 0. The Morgan fingerprint density at radius 1 is 1.20 bits per heavy atom. The first-order chi connectivity index (χ1) is 12.2. The van der Waals surface area contributed by atoms with E-state index in [1.165, 1.54) is 11.1 Å². The molecule has 0 spiro atoms. The summed E-state index contributed by atoms with van der Waals surface area (Å²) in [4.78, 5) is 11.4. The largest absolute Gasteiger partial charge is 0.478 e. The predicted molar refractivity (Wildman–Crippen MR) is 95.3 cm³/mol. The molecule has 3 aromatic rings. The molecule has 5 nitrogen and oxygen atoms in total. The molecule has 0 N–H and O–H groups in total. The maximum atomic E-state index is 6.02. The van der Waals surface area contributed by atoms with Gasteiger partial charge in [0.05, 0.1) is 12.0 Å². The lowest BCUT2D eigenvalue weighted by atomic mass is 10.1. The molecule has 3 heterocycles. The van der Waals surface area contributed by atoms with Crippen LogP contribution in [0.5, 0.6) is 5.75 Å². The lowest BCUT2D eigenvalue weighted by Gasteiger charge is -2.28. The number of aryl methyl sites for hydroxylation is 1. The van der Waals surface area contributed by atoms with E-state index in [2.05, 4.69) is 34.8 Å². The first kappa shape index (κ1) is 15.8. The van der Waals surface area contributed by atoms with Crippen molar-refractivity contribution in [2.75, 3.05) is 13.3 Å². The highest BCUT2D eigenvalue weighted by molar-refractivity contribution is 5.47. The van der Waals surface area contributed by atoms with E-state index in [1.807, 2.05) is 30.5 Å². The van der Waals surface area contributed by atoms with Gasteiger partial charge in [-0.2, -0.15) is 0 Å². The minimum absolute atomic E-state index is 0.573. The van der Waals surface area contributed by atoms with Crippen LogP contribution in [0.25, 0.3) is 11.6 Å². The lowest BCUT2D eigenvalue weighted by Crippen LogP contribution is -2.34. The van der Waals surface area contributed by atoms with Gasteiger partial charge in [-0.25, -0.2) is 9.97 Å². The fraction of sp³-hybridized carbons (Fsp3) is 0.300. The van der Waals surface area contributed by atoms with E-state index in [4.69, 9.17) is 9.15 Å². The van der Waals surface area contributed by atoms with Gasteiger partial charge in [-0.1, -0.05) is 12.1 Å². The summed E-state index contributed by atoms with van der Waals surface area (Å²) in [6.45, 7) is 6.50. The molecule has 128 valence electrons. The van der Waals surface area contributed by atoms with Crippen LogP contribution in [0, 0.1) is 13.8 Å². The first-order valence-electron chi connectivity index (χ1n) is 8.51. The third kappa shape index (κ3) is 3.28. The quantitative estimate of drug-likeness (QED) is 0.727. The van der Waals surface area contributed by atoms with Crippen molar-refractivity contribution < 1.29 is 9.15 Å². The van der Waals surface area contributed by atoms with Crippen LogP contribution >= 0.6 is 0 Å². The molecule has 1 aromatic carbocycles. The summed E-state index contributed by atoms with van der Waals surface area (Å²) in [6, 6.07) is 9.90. The minimum atomic E-state index is 0.573. The van der Waals surface area contributed by atoms with Crippen molar-refractivity contribution >= 4 is 0 Å². The Kier molecular flexibility index (Phi) is 4.24. The molecule has 2 aromatic heterocycles. The Morgan fingerprint density at radius 3 is 2.96 bits per heavy atom. The van der Waals surface area contributed by atoms with Gasteiger partial charge in [-0.05, 0) is 43.2 Å². The monoisotopic (exact) mass is 335 g/mol. The molecular formula is C20H21N3O2. The molecule has 0 atom stereocenters. The normalized spacial score (nSPS) is 14.3. The van der Waals surface area contributed by atoms with Crippen LogP contribution in [-0.4, -0.2) is 28.1 Å². The highest BCUT2D eigenvalue weighted by Gasteiger charge is 2.19. The lowest BCUT2D eigenvalue weighted by molar-refractivity contribution is 0.112. The van der Waals surface area contributed by atoms with Crippen LogP contribution in [0.3, 0.4) is 0 Å². The second-order valence-corrected chi connectivity index (χ2v) is 6.42. The van der Waals surface area contributed by atoms with Gasteiger partial charge in [0.15, 0.2) is 11.6 Å². The molecule has 0 amide bonds. The standard InChI is InChI=1S/C20H21N3O2/c1-14-5-3-6-18(15(14)2)25-13-23-9-8-17-16(12-23)11-21-20(22-17)19-7-4-10-24-19/h3-7,10-11H,8-9,12-13H2,1-2H3. The molecule has 25 heavy (non-hydrogen) atoms. The molecule has 0 bridgehead atoms. The SMILES string of the molecule is Cc1cccc(OCN2CCc3nc(-c4ccco4)ncc3C2)c1C. The molecule has 0 saturated carbocycles. The molecule has 1 aliphatic heterocycles. The van der Waals surface area contributed by atoms with E-state index < -0.39 is 0 Å². The van der Waals surface area contributed by atoms with Crippen molar-refractivity contribution in [3.8, 4) is 17.3 Å². The minimum Gasteiger partial charge on any atom is -0.478 e. The van der Waals surface area contributed by atoms with Gasteiger partial charge < -0.3 is 9.15 Å². The van der Waals surface area contributed by atoms with Crippen molar-refractivity contribution in [3.63, 3.8) is 0 Å². The average Bonchev–Trinajstić information content (AvgIpc) is 3.17. The van der Waals surface area contributed by atoms with Gasteiger partial charge in [0.1, 0.15) is 12.5 Å². The zero-order chi connectivity index (χ0) is 17.2. The molecule has 0 radical (unpaired) electrons. The maximum Gasteiger partial charge on any atom is 0.195 e. The third-order valence-corrected chi connectivity index (χ3v) is 4.71. The van der Waals surface area contributed by atoms with Crippen molar-refractivity contribution in [1.29, 1.82) is 0 Å². The highest BCUT2D eigenvalue weighted by Crippen LogP contribution is 2.23. The zero-order valence-corrected chi connectivity index (χ0v) is 14.5. The van der Waals surface area contributed by atoms with Crippen LogP contribution in [0.15, 0.2) is 47.2 Å². The highest BCUT2D eigenvalue weighted by atomic mass is 16.5. The number of rotatable bonds is 4. The number of ether oxygens (including phenoxy) is 1. The van der Waals surface area contributed by atoms with Gasteiger partial charge in [0.2, 0.25) is 0 Å². The summed E-state index contributed by atoms with van der Waals surface area (Å²) in [6.07, 6.45) is 4.44. The first-order valence-corrected chi connectivity index (χ1v) is 8.51. The Labute approximate surface area is 147 Å². The Bertz CT molecular complexity index is 875. The number of aromatic nitrogens is 2. The second kappa shape index (κ2) is 6.69. The van der Waals surface area contributed by atoms with E-state index in [-0.39, 0.29) is 0 Å². The summed E-state index contributed by atoms with van der Waals surface area (Å²) in [5.41, 5.74) is 4.71. The van der Waals surface area contributed by atoms with Crippen LogP contribution in [0.2, 0.25) is 0 Å². The molecule has 0 aliphatic carbocycles. The van der Waals surface area contributed by atoms with Crippen LogP contribution < -0.4 is 4.74 Å². The van der Waals surface area contributed by atoms with Crippen molar-refractivity contribution in [2.45, 2.75) is 26.8 Å². The van der Waals surface area contributed by atoms with E-state index in [1.54, 1.807) is 6.26 Å². The summed E-state index contributed by atoms with van der Waals surface area (Å²) in [7, 11) is 0. The topological polar surface area (TPSA) is 51.4 Å². The van der Waals surface area contributed by atoms with Gasteiger partial charge in [0, 0.05) is 31.3 Å². The number of benzene rings is 1. The fourth-order valence-corrected chi connectivity index (χ4v) is 3.05. The van der Waals surface area contributed by atoms with Crippen molar-refractivity contribution in [3.05, 3.63) is 65.2 Å². The molecule has 0 saturated heterocycles. The smallest absolute Gasteiger partial charge is 0.195 e. The summed E-state index contributed by atoms with van der Waals surface area (Å²) >= 11 is 0. The van der Waals surface area contributed by atoms with Crippen LogP contribution in [0.4, 0.5) is 0 Å². The van der Waals surface area contributed by atoms with Gasteiger partial charge >= 0.3 is 0 Å². The Morgan fingerprint density at radius 2 is 2.12 bits per heavy atom. The molecule has 0 fully saturated rings. The number of furan rings is 1. The number of fused-ring (bicyclic) bond motifs is 1. The van der Waals surface area contributed by atoms with Crippen LogP contribution in [-0.2, 0) is 13.0 Å². The van der Waals surface area contributed by atoms with E-state index >= 15 is 0 Å².